The van der Waals surface area contributed by atoms with Crippen LogP contribution in [0.5, 0.6) is 0 Å². The molecule has 0 spiro atoms. The number of hydrogen-bond donors (Lipinski definition) is 1. The minimum absolute atomic E-state index is 0.240. The molecule has 19 heavy (non-hydrogen) atoms. The second-order valence-corrected chi connectivity index (χ2v) is 4.12. The Hall–Kier alpha value is -2.11. The van der Waals surface area contributed by atoms with E-state index < -0.39 is 17.6 Å². The zero-order valence-electron chi connectivity index (χ0n) is 9.92. The lowest BCUT2D eigenvalue weighted by atomic mass is 10.0. The lowest BCUT2D eigenvalue weighted by molar-refractivity contribution is -0.139. The van der Waals surface area contributed by atoms with E-state index in [1.54, 1.807) is 13.0 Å². The van der Waals surface area contributed by atoms with Crippen molar-refractivity contribution in [2.24, 2.45) is 0 Å². The van der Waals surface area contributed by atoms with Crippen molar-refractivity contribution < 1.29 is 17.6 Å². The summed E-state index contributed by atoms with van der Waals surface area (Å²) in [6.07, 6.45) is -3.37. The molecule has 0 amide bonds. The van der Waals surface area contributed by atoms with Gasteiger partial charge in [0.2, 0.25) is 0 Å². The number of pyridine rings is 1. The van der Waals surface area contributed by atoms with Crippen LogP contribution in [0.3, 0.4) is 0 Å². The summed E-state index contributed by atoms with van der Waals surface area (Å²) in [6, 6.07) is 4.44. The van der Waals surface area contributed by atoms with Crippen LogP contribution in [0.2, 0.25) is 0 Å². The summed E-state index contributed by atoms with van der Waals surface area (Å²) in [5.74, 6) is -0.988. The second-order valence-electron chi connectivity index (χ2n) is 4.12. The maximum Gasteiger partial charge on any atom is 0.419 e. The van der Waals surface area contributed by atoms with Gasteiger partial charge in [-0.25, -0.2) is 9.37 Å². The van der Waals surface area contributed by atoms with Gasteiger partial charge < -0.3 is 5.73 Å². The summed E-state index contributed by atoms with van der Waals surface area (Å²) in [5, 5.41) is 0. The number of nitrogens with zero attached hydrogens (tertiary/aromatic N) is 1. The van der Waals surface area contributed by atoms with Crippen LogP contribution in [-0.2, 0) is 6.18 Å². The molecule has 0 aliphatic carbocycles. The molecule has 2 nitrogen and oxygen atoms in total. The first-order valence-electron chi connectivity index (χ1n) is 5.38. The monoisotopic (exact) mass is 270 g/mol. The number of aryl methyl sites for hydroxylation is 1. The molecule has 0 aliphatic heterocycles. The third kappa shape index (κ3) is 2.67. The van der Waals surface area contributed by atoms with Crippen LogP contribution in [-0.4, -0.2) is 4.98 Å². The molecule has 0 bridgehead atoms. The Morgan fingerprint density at radius 1 is 1.11 bits per heavy atom. The summed E-state index contributed by atoms with van der Waals surface area (Å²) < 4.78 is 51.0. The van der Waals surface area contributed by atoms with Gasteiger partial charge in [-0.1, -0.05) is 6.07 Å². The van der Waals surface area contributed by atoms with E-state index in [1.165, 1.54) is 12.3 Å². The molecule has 2 N–H and O–H groups in total. The first-order valence-corrected chi connectivity index (χ1v) is 5.38. The van der Waals surface area contributed by atoms with E-state index in [2.05, 4.69) is 4.98 Å². The van der Waals surface area contributed by atoms with E-state index in [-0.39, 0.29) is 5.56 Å². The molecule has 0 saturated carbocycles. The molecule has 0 atom stereocenters. The largest absolute Gasteiger partial charge is 0.419 e. The molecule has 100 valence electrons. The second kappa shape index (κ2) is 4.53. The van der Waals surface area contributed by atoms with Crippen molar-refractivity contribution in [2.45, 2.75) is 13.1 Å². The van der Waals surface area contributed by atoms with Crippen molar-refractivity contribution in [3.05, 3.63) is 47.4 Å². The topological polar surface area (TPSA) is 38.9 Å². The average Bonchev–Trinajstić information content (AvgIpc) is 2.32. The lowest BCUT2D eigenvalue weighted by Crippen LogP contribution is -2.08. The van der Waals surface area contributed by atoms with Crippen molar-refractivity contribution in [2.75, 3.05) is 5.73 Å². The van der Waals surface area contributed by atoms with Gasteiger partial charge in [0.1, 0.15) is 11.6 Å². The number of benzene rings is 1. The predicted octanol–water partition coefficient (Wildman–Crippen LogP) is 3.80. The van der Waals surface area contributed by atoms with Crippen LogP contribution < -0.4 is 5.73 Å². The third-order valence-electron chi connectivity index (χ3n) is 2.72. The summed E-state index contributed by atoms with van der Waals surface area (Å²) in [4.78, 5) is 3.87. The van der Waals surface area contributed by atoms with Gasteiger partial charge >= 0.3 is 6.18 Å². The Labute approximate surface area is 106 Å². The quantitative estimate of drug-likeness (QED) is 0.800. The number of halogens is 4. The summed E-state index contributed by atoms with van der Waals surface area (Å²) in [6.45, 7) is 1.69. The van der Waals surface area contributed by atoms with E-state index in [9.17, 15) is 17.6 Å². The summed E-state index contributed by atoms with van der Waals surface area (Å²) in [5.41, 5.74) is 5.59. The minimum atomic E-state index is -4.73. The van der Waals surface area contributed by atoms with Crippen molar-refractivity contribution in [1.82, 2.24) is 4.98 Å². The van der Waals surface area contributed by atoms with Gasteiger partial charge in [-0.05, 0) is 36.2 Å². The van der Waals surface area contributed by atoms with Gasteiger partial charge in [-0.3, -0.25) is 0 Å². The van der Waals surface area contributed by atoms with Gasteiger partial charge in [0.05, 0.1) is 5.56 Å². The van der Waals surface area contributed by atoms with E-state index in [0.717, 1.165) is 12.1 Å². The first kappa shape index (κ1) is 13.3. The standard InChI is InChI=1S/C13H10F4N2/c1-7-4-9(6-19-12(7)18)8-2-3-11(14)10(5-8)13(15,16)17/h2-6H,1H3,(H2,18,19). The molecule has 1 aromatic carbocycles. The molecule has 2 rings (SSSR count). The molecule has 0 saturated heterocycles. The zero-order chi connectivity index (χ0) is 14.2. The number of nitrogens with two attached hydrogens (primary N) is 1. The summed E-state index contributed by atoms with van der Waals surface area (Å²) in [7, 11) is 0. The Balaban J connectivity index is 2.54. The highest BCUT2D eigenvalue weighted by molar-refractivity contribution is 5.66. The maximum absolute atomic E-state index is 13.2. The van der Waals surface area contributed by atoms with Crippen LogP contribution in [0.1, 0.15) is 11.1 Å². The fourth-order valence-corrected chi connectivity index (χ4v) is 1.67. The van der Waals surface area contributed by atoms with Crippen molar-refractivity contribution in [1.29, 1.82) is 0 Å². The van der Waals surface area contributed by atoms with Gasteiger partial charge in [-0.2, -0.15) is 13.2 Å². The maximum atomic E-state index is 13.2. The number of anilines is 1. The van der Waals surface area contributed by atoms with Gasteiger partial charge in [0.25, 0.3) is 0 Å². The Morgan fingerprint density at radius 2 is 1.79 bits per heavy atom. The van der Waals surface area contributed by atoms with E-state index in [4.69, 9.17) is 5.73 Å². The molecule has 0 radical (unpaired) electrons. The van der Waals surface area contributed by atoms with E-state index in [0.29, 0.717) is 16.9 Å². The van der Waals surface area contributed by atoms with E-state index >= 15 is 0 Å². The Morgan fingerprint density at radius 3 is 2.37 bits per heavy atom. The van der Waals surface area contributed by atoms with E-state index in [1.807, 2.05) is 0 Å². The molecule has 0 unspecified atom stereocenters. The van der Waals surface area contributed by atoms with Gasteiger partial charge in [0, 0.05) is 11.8 Å². The van der Waals surface area contributed by atoms with Crippen molar-refractivity contribution in [3.63, 3.8) is 0 Å². The highest BCUT2D eigenvalue weighted by Gasteiger charge is 2.34. The number of alkyl halides is 3. The zero-order valence-corrected chi connectivity index (χ0v) is 9.92. The number of nitrogen functional groups attached to an aromatic ring is 1. The molecule has 0 aliphatic rings. The minimum Gasteiger partial charge on any atom is -0.383 e. The smallest absolute Gasteiger partial charge is 0.383 e. The van der Waals surface area contributed by atoms with Crippen LogP contribution >= 0.6 is 0 Å². The lowest BCUT2D eigenvalue weighted by Gasteiger charge is -2.10. The Bertz CT molecular complexity index is 621. The van der Waals surface area contributed by atoms with Crippen LogP contribution in [0, 0.1) is 12.7 Å². The highest BCUT2D eigenvalue weighted by atomic mass is 19.4. The molecular formula is C13H10F4N2. The fraction of sp³-hybridized carbons (Fsp3) is 0.154. The third-order valence-corrected chi connectivity index (χ3v) is 2.72. The average molecular weight is 270 g/mol. The number of hydrogen-bond acceptors (Lipinski definition) is 2. The van der Waals surface area contributed by atoms with Crippen LogP contribution in [0.4, 0.5) is 23.4 Å². The van der Waals surface area contributed by atoms with Crippen molar-refractivity contribution in [3.8, 4) is 11.1 Å². The van der Waals surface area contributed by atoms with Crippen LogP contribution in [0.15, 0.2) is 30.5 Å². The fourth-order valence-electron chi connectivity index (χ4n) is 1.67. The Kier molecular flexibility index (Phi) is 3.18. The normalized spacial score (nSPS) is 11.6. The van der Waals surface area contributed by atoms with Crippen molar-refractivity contribution >= 4 is 5.82 Å². The van der Waals surface area contributed by atoms with Gasteiger partial charge in [0.15, 0.2) is 0 Å². The molecule has 0 fully saturated rings. The molecular weight excluding hydrogens is 260 g/mol. The van der Waals surface area contributed by atoms with Gasteiger partial charge in [-0.15, -0.1) is 0 Å². The van der Waals surface area contributed by atoms with Crippen LogP contribution in [0.25, 0.3) is 11.1 Å². The highest BCUT2D eigenvalue weighted by Crippen LogP contribution is 2.34. The SMILES string of the molecule is Cc1cc(-c2ccc(F)c(C(F)(F)F)c2)cnc1N. The molecule has 1 heterocycles. The molecule has 2 aromatic rings. The predicted molar refractivity (Wildman–Crippen MR) is 63.8 cm³/mol. The molecule has 6 heteroatoms. The number of aromatic nitrogens is 1. The number of rotatable bonds is 1. The summed E-state index contributed by atoms with van der Waals surface area (Å²) >= 11 is 0. The molecule has 1 aromatic heterocycles. The first-order chi connectivity index (χ1) is 8.79.